The normalized spacial score (nSPS) is 11.1. The Morgan fingerprint density at radius 3 is 2.63 bits per heavy atom. The van der Waals surface area contributed by atoms with Crippen molar-refractivity contribution < 1.29 is 0 Å². The first-order chi connectivity index (χ1) is 9.04. The van der Waals surface area contributed by atoms with Crippen LogP contribution in [0.5, 0.6) is 0 Å². The van der Waals surface area contributed by atoms with Crippen LogP contribution in [-0.2, 0) is 0 Å². The maximum atomic E-state index is 6.05. The summed E-state index contributed by atoms with van der Waals surface area (Å²) in [5.74, 6) is 1.15. The van der Waals surface area contributed by atoms with Gasteiger partial charge in [0.15, 0.2) is 5.82 Å². The molecule has 0 bridgehead atoms. The lowest BCUT2D eigenvalue weighted by Gasteiger charge is -2.05. The summed E-state index contributed by atoms with van der Waals surface area (Å²) < 4.78 is 2.02. The summed E-state index contributed by atoms with van der Waals surface area (Å²) in [7, 11) is 0. The van der Waals surface area contributed by atoms with E-state index in [4.69, 9.17) is 5.73 Å². The highest BCUT2D eigenvalue weighted by Gasteiger charge is 2.13. The summed E-state index contributed by atoms with van der Waals surface area (Å²) in [6.45, 7) is 2.03. The second-order valence-corrected chi connectivity index (χ2v) is 7.94. The molecule has 6 heteroatoms. The molecule has 0 saturated carbocycles. The molecular formula is C13H9Br2N3S. The van der Waals surface area contributed by atoms with Gasteiger partial charge in [0.2, 0.25) is 0 Å². The lowest BCUT2D eigenvalue weighted by molar-refractivity contribution is 1.23. The molecule has 0 saturated heterocycles. The fourth-order valence-corrected chi connectivity index (χ4v) is 4.67. The van der Waals surface area contributed by atoms with E-state index in [-0.39, 0.29) is 0 Å². The monoisotopic (exact) mass is 397 g/mol. The molecule has 19 heavy (non-hydrogen) atoms. The highest BCUT2D eigenvalue weighted by atomic mass is 79.9. The van der Waals surface area contributed by atoms with Crippen LogP contribution >= 0.6 is 43.2 Å². The van der Waals surface area contributed by atoms with Crippen LogP contribution in [0.4, 0.5) is 5.82 Å². The van der Waals surface area contributed by atoms with Crippen LogP contribution in [-0.4, -0.2) is 9.97 Å². The third-order valence-electron chi connectivity index (χ3n) is 2.78. The van der Waals surface area contributed by atoms with E-state index in [9.17, 15) is 0 Å². The van der Waals surface area contributed by atoms with Crippen LogP contribution in [0.25, 0.3) is 22.3 Å². The molecule has 0 radical (unpaired) electrons. The number of hydrogen-bond donors (Lipinski definition) is 1. The van der Waals surface area contributed by atoms with E-state index in [0.717, 1.165) is 29.6 Å². The Bertz CT molecular complexity index is 783. The van der Waals surface area contributed by atoms with Crippen LogP contribution in [0.2, 0.25) is 0 Å². The standard InChI is InChI=1S/C13H9Br2N3S/c1-6-2-3-9-7(4-6)12(16)18-13(17-9)8-5-10(14)19-11(8)15/h2-5H,1H3,(H2,16,17,18). The number of aryl methyl sites for hydroxylation is 1. The lowest BCUT2D eigenvalue weighted by atomic mass is 10.1. The van der Waals surface area contributed by atoms with Gasteiger partial charge in [-0.1, -0.05) is 11.6 Å². The second kappa shape index (κ2) is 4.85. The van der Waals surface area contributed by atoms with Crippen LogP contribution in [0.15, 0.2) is 31.8 Å². The van der Waals surface area contributed by atoms with E-state index in [2.05, 4.69) is 41.8 Å². The molecule has 3 nitrogen and oxygen atoms in total. The number of hydrogen-bond acceptors (Lipinski definition) is 4. The minimum Gasteiger partial charge on any atom is -0.383 e. The fraction of sp³-hybridized carbons (Fsp3) is 0.0769. The number of nitrogen functional groups attached to an aromatic ring is 1. The van der Waals surface area contributed by atoms with Gasteiger partial charge in [-0.25, -0.2) is 9.97 Å². The topological polar surface area (TPSA) is 51.8 Å². The average Bonchev–Trinajstić information content (AvgIpc) is 2.69. The van der Waals surface area contributed by atoms with Crippen molar-refractivity contribution in [1.82, 2.24) is 9.97 Å². The second-order valence-electron chi connectivity index (χ2n) is 4.19. The van der Waals surface area contributed by atoms with Gasteiger partial charge in [-0.3, -0.25) is 0 Å². The number of nitrogens with zero attached hydrogens (tertiary/aromatic N) is 2. The maximum Gasteiger partial charge on any atom is 0.164 e. The Morgan fingerprint density at radius 2 is 1.95 bits per heavy atom. The van der Waals surface area contributed by atoms with E-state index in [1.807, 2.05) is 31.2 Å². The third-order valence-corrected chi connectivity index (χ3v) is 5.12. The molecule has 0 aliphatic heterocycles. The number of halogens is 2. The number of benzene rings is 1. The quantitative estimate of drug-likeness (QED) is 0.641. The summed E-state index contributed by atoms with van der Waals surface area (Å²) in [6, 6.07) is 8.00. The van der Waals surface area contributed by atoms with Crippen LogP contribution < -0.4 is 5.73 Å². The summed E-state index contributed by atoms with van der Waals surface area (Å²) in [6.07, 6.45) is 0. The van der Waals surface area contributed by atoms with Gasteiger partial charge in [0.1, 0.15) is 5.82 Å². The van der Waals surface area contributed by atoms with Gasteiger partial charge in [-0.15, -0.1) is 11.3 Å². The van der Waals surface area contributed by atoms with Crippen molar-refractivity contribution >= 4 is 59.9 Å². The molecule has 0 fully saturated rings. The van der Waals surface area contributed by atoms with E-state index in [1.54, 1.807) is 11.3 Å². The van der Waals surface area contributed by atoms with Gasteiger partial charge >= 0.3 is 0 Å². The Hall–Kier alpha value is -0.980. The van der Waals surface area contributed by atoms with Crippen molar-refractivity contribution in [3.8, 4) is 11.4 Å². The van der Waals surface area contributed by atoms with Gasteiger partial charge in [-0.05, 0) is 57.0 Å². The van der Waals surface area contributed by atoms with Crippen molar-refractivity contribution in [2.24, 2.45) is 0 Å². The Labute approximate surface area is 131 Å². The molecule has 2 aromatic heterocycles. The number of nitrogens with two attached hydrogens (primary N) is 1. The molecule has 0 atom stereocenters. The molecule has 0 aliphatic rings. The van der Waals surface area contributed by atoms with Gasteiger partial charge in [0.05, 0.1) is 13.1 Å². The first-order valence-electron chi connectivity index (χ1n) is 5.53. The van der Waals surface area contributed by atoms with Crippen molar-refractivity contribution in [2.45, 2.75) is 6.92 Å². The van der Waals surface area contributed by atoms with Gasteiger partial charge in [-0.2, -0.15) is 0 Å². The van der Waals surface area contributed by atoms with Crippen molar-refractivity contribution in [3.63, 3.8) is 0 Å². The van der Waals surface area contributed by atoms with Crippen molar-refractivity contribution in [1.29, 1.82) is 0 Å². The highest BCUT2D eigenvalue weighted by Crippen LogP contribution is 2.38. The minimum atomic E-state index is 0.512. The fourth-order valence-electron chi connectivity index (χ4n) is 1.88. The molecule has 1 aromatic carbocycles. The van der Waals surface area contributed by atoms with E-state index in [1.165, 1.54) is 0 Å². The first-order valence-corrected chi connectivity index (χ1v) is 7.94. The molecule has 2 N–H and O–H groups in total. The zero-order valence-electron chi connectivity index (χ0n) is 9.95. The molecular weight excluding hydrogens is 390 g/mol. The predicted octanol–water partition coefficient (Wildman–Crippen LogP) is 4.77. The van der Waals surface area contributed by atoms with Crippen LogP contribution in [0, 0.1) is 6.92 Å². The molecule has 0 amide bonds. The largest absolute Gasteiger partial charge is 0.383 e. The van der Waals surface area contributed by atoms with Crippen LogP contribution in [0.1, 0.15) is 5.56 Å². The number of fused-ring (bicyclic) bond motifs is 1. The maximum absolute atomic E-state index is 6.05. The SMILES string of the molecule is Cc1ccc2nc(-c3cc(Br)sc3Br)nc(N)c2c1. The minimum absolute atomic E-state index is 0.512. The van der Waals surface area contributed by atoms with E-state index >= 15 is 0 Å². The molecule has 0 unspecified atom stereocenters. The molecule has 3 rings (SSSR count). The van der Waals surface area contributed by atoms with Crippen molar-refractivity contribution in [3.05, 3.63) is 37.4 Å². The molecule has 0 spiro atoms. The smallest absolute Gasteiger partial charge is 0.164 e. The molecule has 3 aromatic rings. The molecule has 96 valence electrons. The summed E-state index contributed by atoms with van der Waals surface area (Å²) >= 11 is 8.57. The third kappa shape index (κ3) is 2.40. The Morgan fingerprint density at radius 1 is 1.16 bits per heavy atom. The van der Waals surface area contributed by atoms with E-state index in [0.29, 0.717) is 11.6 Å². The zero-order chi connectivity index (χ0) is 13.6. The van der Waals surface area contributed by atoms with Gasteiger partial charge < -0.3 is 5.73 Å². The number of anilines is 1. The number of aromatic nitrogens is 2. The summed E-state index contributed by atoms with van der Waals surface area (Å²) in [5, 5.41) is 0.897. The summed E-state index contributed by atoms with van der Waals surface area (Å²) in [5.41, 5.74) is 9.01. The number of thiophene rings is 1. The highest BCUT2D eigenvalue weighted by molar-refractivity contribution is 9.12. The average molecular weight is 399 g/mol. The molecule has 0 aliphatic carbocycles. The lowest BCUT2D eigenvalue weighted by Crippen LogP contribution is -1.97. The summed E-state index contributed by atoms with van der Waals surface area (Å²) in [4.78, 5) is 9.00. The van der Waals surface area contributed by atoms with Crippen LogP contribution in [0.3, 0.4) is 0 Å². The van der Waals surface area contributed by atoms with Gasteiger partial charge in [0.25, 0.3) is 0 Å². The van der Waals surface area contributed by atoms with Gasteiger partial charge in [0, 0.05) is 10.9 Å². The van der Waals surface area contributed by atoms with Crippen molar-refractivity contribution in [2.75, 3.05) is 5.73 Å². The first kappa shape index (κ1) is 13.0. The Balaban J connectivity index is 2.26. The van der Waals surface area contributed by atoms with E-state index < -0.39 is 0 Å². The number of rotatable bonds is 1. The predicted molar refractivity (Wildman–Crippen MR) is 87.4 cm³/mol. The zero-order valence-corrected chi connectivity index (χ0v) is 13.9. The molecule has 2 heterocycles. The Kier molecular flexibility index (Phi) is 3.32.